The lowest BCUT2D eigenvalue weighted by Gasteiger charge is -2.18. The quantitative estimate of drug-likeness (QED) is 0.714. The van der Waals surface area contributed by atoms with E-state index in [1.54, 1.807) is 11.9 Å². The van der Waals surface area contributed by atoms with Gasteiger partial charge in [-0.2, -0.15) is 0 Å². The lowest BCUT2D eigenvalue weighted by atomic mass is 10.0. The van der Waals surface area contributed by atoms with E-state index in [0.29, 0.717) is 31.0 Å². The summed E-state index contributed by atoms with van der Waals surface area (Å²) >= 11 is 0. The molecule has 1 aromatic heterocycles. The van der Waals surface area contributed by atoms with Crippen LogP contribution in [0.15, 0.2) is 54.9 Å². The molecule has 0 radical (unpaired) electrons. The minimum atomic E-state index is -0.271. The molecule has 4 rings (SSSR count). The van der Waals surface area contributed by atoms with Gasteiger partial charge in [-0.1, -0.05) is 42.5 Å². The summed E-state index contributed by atoms with van der Waals surface area (Å²) in [4.78, 5) is 34.8. The largest absolute Gasteiger partial charge is 0.357 e. The van der Waals surface area contributed by atoms with Crippen LogP contribution >= 0.6 is 0 Å². The number of hydrogen-bond donors (Lipinski definition) is 2. The van der Waals surface area contributed by atoms with Crippen LogP contribution in [0.4, 0.5) is 5.95 Å². The van der Waals surface area contributed by atoms with Crippen LogP contribution in [0.1, 0.15) is 22.3 Å². The van der Waals surface area contributed by atoms with E-state index >= 15 is 0 Å². The van der Waals surface area contributed by atoms with Gasteiger partial charge in [0.2, 0.25) is 11.9 Å². The fourth-order valence-electron chi connectivity index (χ4n) is 3.50. The Morgan fingerprint density at radius 2 is 1.89 bits per heavy atom. The number of nitrogens with zero attached hydrogens (tertiary/aromatic N) is 3. The van der Waals surface area contributed by atoms with Gasteiger partial charge in [0.25, 0.3) is 5.91 Å². The number of benzene rings is 2. The van der Waals surface area contributed by atoms with Gasteiger partial charge in [0.05, 0.1) is 11.6 Å². The molecule has 3 aromatic rings. The van der Waals surface area contributed by atoms with Crippen LogP contribution in [-0.4, -0.2) is 46.3 Å². The second kappa shape index (κ2) is 7.64. The number of rotatable bonds is 5. The van der Waals surface area contributed by atoms with E-state index < -0.39 is 0 Å². The van der Waals surface area contributed by atoms with Gasteiger partial charge in [-0.3, -0.25) is 9.59 Å². The summed E-state index contributed by atoms with van der Waals surface area (Å²) < 4.78 is 0. The number of amides is 2. The number of aromatic nitrogens is 2. The number of carbonyl (C=O) groups is 2. The topological polar surface area (TPSA) is 87.2 Å². The average molecular weight is 375 g/mol. The summed E-state index contributed by atoms with van der Waals surface area (Å²) in [5, 5.41) is 8.02. The normalized spacial score (nSPS) is 16.4. The molecule has 1 aliphatic rings. The fourth-order valence-corrected chi connectivity index (χ4v) is 3.50. The zero-order valence-corrected chi connectivity index (χ0v) is 15.6. The van der Waals surface area contributed by atoms with Crippen LogP contribution in [-0.2, 0) is 11.3 Å². The van der Waals surface area contributed by atoms with E-state index in [4.69, 9.17) is 0 Å². The molecule has 2 amide bonds. The van der Waals surface area contributed by atoms with Gasteiger partial charge < -0.3 is 15.5 Å². The van der Waals surface area contributed by atoms with Crippen molar-refractivity contribution in [3.8, 4) is 0 Å². The molecule has 1 saturated heterocycles. The Hall–Kier alpha value is -3.48. The average Bonchev–Trinajstić information content (AvgIpc) is 3.07. The Morgan fingerprint density at radius 1 is 1.14 bits per heavy atom. The van der Waals surface area contributed by atoms with Gasteiger partial charge in [-0.05, 0) is 16.3 Å². The van der Waals surface area contributed by atoms with E-state index in [9.17, 15) is 9.59 Å². The highest BCUT2D eigenvalue weighted by Crippen LogP contribution is 2.22. The van der Waals surface area contributed by atoms with Crippen molar-refractivity contribution in [2.75, 3.05) is 18.9 Å². The van der Waals surface area contributed by atoms with E-state index in [1.807, 2.05) is 24.3 Å². The highest BCUT2D eigenvalue weighted by atomic mass is 16.2. The summed E-state index contributed by atoms with van der Waals surface area (Å²) in [5.41, 5.74) is 1.48. The number of likely N-dealkylation sites (tertiary alicyclic amines) is 1. The molecule has 1 aliphatic heterocycles. The SMILES string of the molecule is CNc1ncc(C(=O)N[C@H]2CC(=O)N(Cc3cccc4ccccc34)C2)cn1. The predicted octanol–water partition coefficient (Wildman–Crippen LogP) is 2.20. The van der Waals surface area contributed by atoms with Crippen LogP contribution in [0, 0.1) is 0 Å². The van der Waals surface area contributed by atoms with E-state index in [0.717, 1.165) is 16.3 Å². The van der Waals surface area contributed by atoms with Crippen molar-refractivity contribution in [3.63, 3.8) is 0 Å². The van der Waals surface area contributed by atoms with Gasteiger partial charge in [0.15, 0.2) is 0 Å². The molecule has 7 nitrogen and oxygen atoms in total. The van der Waals surface area contributed by atoms with Crippen molar-refractivity contribution in [1.82, 2.24) is 20.2 Å². The van der Waals surface area contributed by atoms with Gasteiger partial charge in [-0.15, -0.1) is 0 Å². The standard InChI is InChI=1S/C21H21N5O2/c1-22-21-23-10-16(11-24-21)20(28)25-17-9-19(27)26(13-17)12-15-7-4-6-14-5-2-3-8-18(14)15/h2-8,10-11,17H,9,12-13H2,1H3,(H,25,28)(H,22,23,24)/t17-/m0/s1. The minimum Gasteiger partial charge on any atom is -0.357 e. The first-order chi connectivity index (χ1) is 13.6. The number of carbonyl (C=O) groups excluding carboxylic acids is 2. The zero-order chi connectivity index (χ0) is 19.5. The maximum atomic E-state index is 12.5. The van der Waals surface area contributed by atoms with Crippen molar-refractivity contribution in [1.29, 1.82) is 0 Å². The molecule has 142 valence electrons. The molecule has 0 unspecified atom stereocenters. The van der Waals surface area contributed by atoms with Gasteiger partial charge in [0.1, 0.15) is 0 Å². The lowest BCUT2D eigenvalue weighted by Crippen LogP contribution is -2.37. The Kier molecular flexibility index (Phi) is 4.89. The Balaban J connectivity index is 1.43. The monoisotopic (exact) mass is 375 g/mol. The van der Waals surface area contributed by atoms with Crippen molar-refractivity contribution in [2.24, 2.45) is 0 Å². The van der Waals surface area contributed by atoms with E-state index in [2.05, 4.69) is 38.8 Å². The lowest BCUT2D eigenvalue weighted by molar-refractivity contribution is -0.128. The number of nitrogens with one attached hydrogen (secondary N) is 2. The first-order valence-electron chi connectivity index (χ1n) is 9.19. The molecular formula is C21H21N5O2. The molecule has 2 N–H and O–H groups in total. The van der Waals surface area contributed by atoms with Gasteiger partial charge in [0, 0.05) is 39.0 Å². The summed E-state index contributed by atoms with van der Waals surface area (Å²) in [6.07, 6.45) is 3.24. The maximum Gasteiger partial charge on any atom is 0.254 e. The summed E-state index contributed by atoms with van der Waals surface area (Å²) in [6.45, 7) is 1.02. The third kappa shape index (κ3) is 3.64. The predicted molar refractivity (Wildman–Crippen MR) is 107 cm³/mol. The van der Waals surface area contributed by atoms with Gasteiger partial charge >= 0.3 is 0 Å². The Labute approximate surface area is 162 Å². The van der Waals surface area contributed by atoms with E-state index in [-0.39, 0.29) is 17.9 Å². The molecule has 0 spiro atoms. The summed E-state index contributed by atoms with van der Waals surface area (Å²) in [7, 11) is 1.71. The van der Waals surface area contributed by atoms with Crippen molar-refractivity contribution >= 4 is 28.5 Å². The van der Waals surface area contributed by atoms with Gasteiger partial charge in [-0.25, -0.2) is 9.97 Å². The molecule has 2 aromatic carbocycles. The molecular weight excluding hydrogens is 354 g/mol. The molecule has 0 saturated carbocycles. The Bertz CT molecular complexity index is 1010. The first kappa shape index (κ1) is 17.9. The second-order valence-electron chi connectivity index (χ2n) is 6.83. The van der Waals surface area contributed by atoms with Crippen LogP contribution in [0.2, 0.25) is 0 Å². The Morgan fingerprint density at radius 3 is 2.68 bits per heavy atom. The fraction of sp³-hybridized carbons (Fsp3) is 0.238. The van der Waals surface area contributed by atoms with Crippen molar-refractivity contribution < 1.29 is 9.59 Å². The second-order valence-corrected chi connectivity index (χ2v) is 6.83. The molecule has 1 fully saturated rings. The molecule has 0 bridgehead atoms. The molecule has 28 heavy (non-hydrogen) atoms. The third-order valence-corrected chi connectivity index (χ3v) is 4.93. The number of anilines is 1. The summed E-state index contributed by atoms with van der Waals surface area (Å²) in [6, 6.07) is 14.0. The third-order valence-electron chi connectivity index (χ3n) is 4.93. The zero-order valence-electron chi connectivity index (χ0n) is 15.6. The molecule has 2 heterocycles. The van der Waals surface area contributed by atoms with Crippen molar-refractivity contribution in [3.05, 3.63) is 66.0 Å². The van der Waals surface area contributed by atoms with Crippen LogP contribution in [0.5, 0.6) is 0 Å². The smallest absolute Gasteiger partial charge is 0.254 e. The molecule has 1 atom stereocenters. The van der Waals surface area contributed by atoms with E-state index in [1.165, 1.54) is 12.4 Å². The molecule has 7 heteroatoms. The minimum absolute atomic E-state index is 0.0417. The first-order valence-corrected chi connectivity index (χ1v) is 9.19. The maximum absolute atomic E-state index is 12.5. The number of fused-ring (bicyclic) bond motifs is 1. The van der Waals surface area contributed by atoms with Crippen LogP contribution in [0.25, 0.3) is 10.8 Å². The highest BCUT2D eigenvalue weighted by Gasteiger charge is 2.31. The number of hydrogen-bond acceptors (Lipinski definition) is 5. The van der Waals surface area contributed by atoms with Crippen LogP contribution in [0.3, 0.4) is 0 Å². The molecule has 0 aliphatic carbocycles. The summed E-state index contributed by atoms with van der Waals surface area (Å²) in [5.74, 6) is 0.223. The van der Waals surface area contributed by atoms with Crippen molar-refractivity contribution in [2.45, 2.75) is 19.0 Å². The highest BCUT2D eigenvalue weighted by molar-refractivity contribution is 5.94. The van der Waals surface area contributed by atoms with Crippen LogP contribution < -0.4 is 10.6 Å².